The average molecular weight is 259 g/mol. The van der Waals surface area contributed by atoms with Crippen LogP contribution in [0.15, 0.2) is 36.7 Å². The number of halogens is 1. The predicted octanol–water partition coefficient (Wildman–Crippen LogP) is 2.03. The Morgan fingerprint density at radius 2 is 2.26 bits per heavy atom. The molecule has 1 saturated heterocycles. The number of benzene rings is 1. The van der Waals surface area contributed by atoms with E-state index in [1.807, 2.05) is 30.2 Å². The highest BCUT2D eigenvalue weighted by atomic mass is 19.1. The molecule has 0 atom stereocenters. The highest BCUT2D eigenvalue weighted by Crippen LogP contribution is 2.33. The molecule has 0 amide bonds. The van der Waals surface area contributed by atoms with Gasteiger partial charge in [0.15, 0.2) is 0 Å². The maximum atomic E-state index is 13.4. The highest BCUT2D eigenvalue weighted by molar-refractivity contribution is 5.30. The summed E-state index contributed by atoms with van der Waals surface area (Å²) in [5.74, 6) is -0.148. The van der Waals surface area contributed by atoms with Crippen molar-refractivity contribution in [2.45, 2.75) is 18.3 Å². The molecule has 3 rings (SSSR count). The third kappa shape index (κ3) is 2.40. The summed E-state index contributed by atoms with van der Waals surface area (Å²) in [5.41, 5.74) is 2.43. The second-order valence-electron chi connectivity index (χ2n) is 5.42. The molecule has 2 heterocycles. The van der Waals surface area contributed by atoms with Crippen LogP contribution in [0.5, 0.6) is 0 Å². The Labute approximate surface area is 112 Å². The molecule has 0 bridgehead atoms. The zero-order chi connectivity index (χ0) is 13.3. The number of aryl methyl sites for hydroxylation is 2. The van der Waals surface area contributed by atoms with Gasteiger partial charge in [-0.1, -0.05) is 12.1 Å². The smallest absolute Gasteiger partial charge is 0.123 e. The molecule has 0 aliphatic carbocycles. The summed E-state index contributed by atoms with van der Waals surface area (Å²) >= 11 is 0. The Hall–Kier alpha value is -1.68. The fraction of sp³-hybridized carbons (Fsp3) is 0.400. The summed E-state index contributed by atoms with van der Waals surface area (Å²) in [5, 5.41) is 7.51. The molecule has 3 nitrogen and oxygen atoms in total. The normalized spacial score (nSPS) is 17.2. The number of aromatic nitrogens is 2. The molecule has 4 heteroatoms. The van der Waals surface area contributed by atoms with Gasteiger partial charge in [-0.2, -0.15) is 5.10 Å². The molecule has 0 spiro atoms. The number of nitrogens with zero attached hydrogens (tertiary/aromatic N) is 2. The minimum atomic E-state index is -0.148. The first-order valence-electron chi connectivity index (χ1n) is 6.62. The molecule has 100 valence electrons. The molecule has 0 saturated carbocycles. The van der Waals surface area contributed by atoms with E-state index in [4.69, 9.17) is 0 Å². The summed E-state index contributed by atoms with van der Waals surface area (Å²) < 4.78 is 15.2. The second-order valence-corrected chi connectivity index (χ2v) is 5.42. The van der Waals surface area contributed by atoms with Crippen LogP contribution in [-0.4, -0.2) is 22.9 Å². The highest BCUT2D eigenvalue weighted by Gasteiger charge is 2.38. The lowest BCUT2D eigenvalue weighted by Gasteiger charge is -2.43. The van der Waals surface area contributed by atoms with E-state index in [1.165, 1.54) is 11.6 Å². The Balaban J connectivity index is 1.76. The summed E-state index contributed by atoms with van der Waals surface area (Å²) in [7, 11) is 1.93. The number of hydrogen-bond acceptors (Lipinski definition) is 2. The van der Waals surface area contributed by atoms with E-state index in [1.54, 1.807) is 12.1 Å². The molecule has 2 aromatic rings. The van der Waals surface area contributed by atoms with Crippen molar-refractivity contribution in [2.24, 2.45) is 7.05 Å². The van der Waals surface area contributed by atoms with Crippen molar-refractivity contribution in [2.75, 3.05) is 13.1 Å². The van der Waals surface area contributed by atoms with Gasteiger partial charge in [0.05, 0.1) is 6.20 Å². The summed E-state index contributed by atoms with van der Waals surface area (Å²) in [6.45, 7) is 1.85. The van der Waals surface area contributed by atoms with E-state index < -0.39 is 0 Å². The van der Waals surface area contributed by atoms with Crippen molar-refractivity contribution < 1.29 is 4.39 Å². The quantitative estimate of drug-likeness (QED) is 0.910. The van der Waals surface area contributed by atoms with E-state index in [-0.39, 0.29) is 11.2 Å². The lowest BCUT2D eigenvalue weighted by atomic mass is 9.71. The molecule has 1 aromatic heterocycles. The fourth-order valence-corrected chi connectivity index (χ4v) is 2.75. The zero-order valence-electron chi connectivity index (χ0n) is 11.1. The Kier molecular flexibility index (Phi) is 3.11. The molecule has 1 aliphatic rings. The van der Waals surface area contributed by atoms with Gasteiger partial charge in [-0.25, -0.2) is 4.39 Å². The molecule has 0 radical (unpaired) electrons. The minimum Gasteiger partial charge on any atom is -0.315 e. The molecule has 1 aliphatic heterocycles. The summed E-state index contributed by atoms with van der Waals surface area (Å²) in [6.07, 6.45) is 5.96. The van der Waals surface area contributed by atoms with Crippen LogP contribution in [0.2, 0.25) is 0 Å². The Morgan fingerprint density at radius 3 is 2.84 bits per heavy atom. The van der Waals surface area contributed by atoms with Gasteiger partial charge in [-0.3, -0.25) is 4.68 Å². The molecule has 19 heavy (non-hydrogen) atoms. The number of nitrogens with one attached hydrogen (secondary N) is 1. The lowest BCUT2D eigenvalue weighted by Crippen LogP contribution is -2.57. The van der Waals surface area contributed by atoms with Crippen molar-refractivity contribution in [1.82, 2.24) is 15.1 Å². The molecular weight excluding hydrogens is 241 g/mol. The van der Waals surface area contributed by atoms with Gasteiger partial charge < -0.3 is 5.32 Å². The Morgan fingerprint density at radius 1 is 1.42 bits per heavy atom. The molecule has 1 fully saturated rings. The topological polar surface area (TPSA) is 29.9 Å². The van der Waals surface area contributed by atoms with Crippen LogP contribution < -0.4 is 5.32 Å². The molecular formula is C15H18FN3. The van der Waals surface area contributed by atoms with Crippen LogP contribution in [0.4, 0.5) is 4.39 Å². The third-order valence-corrected chi connectivity index (χ3v) is 4.01. The van der Waals surface area contributed by atoms with E-state index in [9.17, 15) is 4.39 Å². The number of rotatable bonds is 4. The predicted molar refractivity (Wildman–Crippen MR) is 72.5 cm³/mol. The monoisotopic (exact) mass is 259 g/mol. The van der Waals surface area contributed by atoms with Crippen LogP contribution in [0.1, 0.15) is 17.5 Å². The van der Waals surface area contributed by atoms with E-state index in [0.29, 0.717) is 0 Å². The Bertz CT molecular complexity index is 572. The van der Waals surface area contributed by atoms with Crippen LogP contribution in [0.3, 0.4) is 0 Å². The van der Waals surface area contributed by atoms with Crippen molar-refractivity contribution in [3.8, 4) is 0 Å². The van der Waals surface area contributed by atoms with Crippen molar-refractivity contribution >= 4 is 0 Å². The SMILES string of the molecule is Cn1cc(CCC2(c3cccc(F)c3)CNC2)cn1. The summed E-state index contributed by atoms with van der Waals surface area (Å²) in [6, 6.07) is 7.01. The fourth-order valence-electron chi connectivity index (χ4n) is 2.75. The maximum absolute atomic E-state index is 13.4. The zero-order valence-corrected chi connectivity index (χ0v) is 11.1. The first-order chi connectivity index (χ1) is 9.18. The van der Waals surface area contributed by atoms with E-state index in [2.05, 4.69) is 10.4 Å². The largest absolute Gasteiger partial charge is 0.315 e. The van der Waals surface area contributed by atoms with Gasteiger partial charge in [0.2, 0.25) is 0 Å². The summed E-state index contributed by atoms with van der Waals surface area (Å²) in [4.78, 5) is 0. The van der Waals surface area contributed by atoms with Gasteiger partial charge in [0.1, 0.15) is 5.82 Å². The van der Waals surface area contributed by atoms with Gasteiger partial charge >= 0.3 is 0 Å². The first-order valence-corrected chi connectivity index (χ1v) is 6.62. The van der Waals surface area contributed by atoms with Crippen LogP contribution in [0, 0.1) is 5.82 Å². The molecule has 1 aromatic carbocycles. The lowest BCUT2D eigenvalue weighted by molar-refractivity contribution is 0.257. The third-order valence-electron chi connectivity index (χ3n) is 4.01. The van der Waals surface area contributed by atoms with Gasteiger partial charge in [-0.15, -0.1) is 0 Å². The van der Waals surface area contributed by atoms with Crippen LogP contribution in [-0.2, 0) is 18.9 Å². The van der Waals surface area contributed by atoms with Gasteiger partial charge in [0.25, 0.3) is 0 Å². The maximum Gasteiger partial charge on any atom is 0.123 e. The van der Waals surface area contributed by atoms with E-state index in [0.717, 1.165) is 31.5 Å². The first kappa shape index (κ1) is 12.4. The molecule has 0 unspecified atom stereocenters. The van der Waals surface area contributed by atoms with Crippen molar-refractivity contribution in [1.29, 1.82) is 0 Å². The van der Waals surface area contributed by atoms with Crippen LogP contribution in [0.25, 0.3) is 0 Å². The second kappa shape index (κ2) is 4.78. The number of hydrogen-bond donors (Lipinski definition) is 1. The van der Waals surface area contributed by atoms with Crippen LogP contribution >= 0.6 is 0 Å². The molecule has 1 N–H and O–H groups in total. The average Bonchev–Trinajstić information content (AvgIpc) is 2.74. The van der Waals surface area contributed by atoms with Crippen molar-refractivity contribution in [3.63, 3.8) is 0 Å². The van der Waals surface area contributed by atoms with Crippen molar-refractivity contribution in [3.05, 3.63) is 53.6 Å². The van der Waals surface area contributed by atoms with E-state index >= 15 is 0 Å². The minimum absolute atomic E-state index is 0.0813. The standard InChI is InChI=1S/C15H18FN3/c1-19-9-12(8-18-19)5-6-15(10-17-11-15)13-3-2-4-14(16)7-13/h2-4,7-9,17H,5-6,10-11H2,1H3. The van der Waals surface area contributed by atoms with Gasteiger partial charge in [0, 0.05) is 31.7 Å². The van der Waals surface area contributed by atoms with Gasteiger partial charge in [-0.05, 0) is 36.1 Å².